The van der Waals surface area contributed by atoms with Crippen molar-refractivity contribution >= 4 is 12.0 Å². The lowest BCUT2D eigenvalue weighted by Crippen LogP contribution is -2.56. The minimum Gasteiger partial charge on any atom is -0.480 e. The lowest BCUT2D eigenvalue weighted by Gasteiger charge is -2.25. The van der Waals surface area contributed by atoms with Gasteiger partial charge in [0.2, 0.25) is 0 Å². The normalized spacial score (nSPS) is 15.4. The third-order valence-corrected chi connectivity index (χ3v) is 2.48. The monoisotopic (exact) mass is 226 g/mol. The standard InChI is InChI=1S/C11H18N2O3/c1-5-8(6-2)12-10(16)13-11(4,7-3)9(14)15/h1,8H,6-7H2,2-4H3,(H,14,15)(H2,12,13,16). The SMILES string of the molecule is C#CC(CC)NC(=O)NC(C)(CC)C(=O)O. The molecular weight excluding hydrogens is 208 g/mol. The summed E-state index contributed by atoms with van der Waals surface area (Å²) in [5, 5.41) is 13.9. The number of urea groups is 1. The first-order valence-electron chi connectivity index (χ1n) is 5.17. The third-order valence-electron chi connectivity index (χ3n) is 2.48. The van der Waals surface area contributed by atoms with Crippen LogP contribution in [0.5, 0.6) is 0 Å². The maximum atomic E-state index is 11.5. The number of hydrogen-bond donors (Lipinski definition) is 3. The lowest BCUT2D eigenvalue weighted by atomic mass is 10.00. The zero-order valence-corrected chi connectivity index (χ0v) is 9.83. The molecule has 0 bridgehead atoms. The predicted octanol–water partition coefficient (Wildman–Crippen LogP) is 0.951. The molecule has 0 aliphatic rings. The molecule has 0 aromatic rings. The van der Waals surface area contributed by atoms with E-state index in [1.807, 2.05) is 6.92 Å². The molecule has 0 radical (unpaired) electrons. The number of carboxylic acids is 1. The quantitative estimate of drug-likeness (QED) is 0.611. The molecule has 0 aromatic carbocycles. The second-order valence-corrected chi connectivity index (χ2v) is 3.72. The van der Waals surface area contributed by atoms with Gasteiger partial charge in [0.05, 0.1) is 6.04 Å². The number of aliphatic carboxylic acids is 1. The molecule has 0 aromatic heterocycles. The third kappa shape index (κ3) is 3.81. The topological polar surface area (TPSA) is 78.4 Å². The fourth-order valence-electron chi connectivity index (χ4n) is 1.000. The molecule has 90 valence electrons. The van der Waals surface area contributed by atoms with Crippen molar-refractivity contribution in [2.24, 2.45) is 0 Å². The van der Waals surface area contributed by atoms with E-state index in [2.05, 4.69) is 16.6 Å². The second-order valence-electron chi connectivity index (χ2n) is 3.72. The number of rotatable bonds is 5. The fraction of sp³-hybridized carbons (Fsp3) is 0.636. The van der Waals surface area contributed by atoms with Crippen molar-refractivity contribution < 1.29 is 14.7 Å². The molecule has 3 N–H and O–H groups in total. The van der Waals surface area contributed by atoms with Gasteiger partial charge in [0.15, 0.2) is 0 Å². The van der Waals surface area contributed by atoms with E-state index < -0.39 is 17.5 Å². The first-order valence-corrected chi connectivity index (χ1v) is 5.17. The van der Waals surface area contributed by atoms with Gasteiger partial charge in [-0.1, -0.05) is 19.8 Å². The van der Waals surface area contributed by atoms with Gasteiger partial charge in [-0.2, -0.15) is 0 Å². The van der Waals surface area contributed by atoms with Gasteiger partial charge >= 0.3 is 12.0 Å². The Morgan fingerprint density at radius 3 is 2.38 bits per heavy atom. The molecule has 0 rings (SSSR count). The van der Waals surface area contributed by atoms with Crippen molar-refractivity contribution in [3.8, 4) is 12.3 Å². The summed E-state index contributed by atoms with van der Waals surface area (Å²) >= 11 is 0. The average Bonchev–Trinajstić information content (AvgIpc) is 2.25. The van der Waals surface area contributed by atoms with Crippen molar-refractivity contribution in [3.63, 3.8) is 0 Å². The Labute approximate surface area is 95.6 Å². The summed E-state index contributed by atoms with van der Waals surface area (Å²) in [6.45, 7) is 4.97. The van der Waals surface area contributed by atoms with Crippen molar-refractivity contribution in [3.05, 3.63) is 0 Å². The summed E-state index contributed by atoms with van der Waals surface area (Å²) in [5.41, 5.74) is -1.27. The average molecular weight is 226 g/mol. The minimum absolute atomic E-state index is 0.294. The molecule has 16 heavy (non-hydrogen) atoms. The van der Waals surface area contributed by atoms with Crippen molar-refractivity contribution in [2.75, 3.05) is 0 Å². The number of amides is 2. The molecular formula is C11H18N2O3. The van der Waals surface area contributed by atoms with E-state index in [0.29, 0.717) is 12.8 Å². The van der Waals surface area contributed by atoms with Gasteiger partial charge in [-0.05, 0) is 19.8 Å². The molecule has 0 spiro atoms. The van der Waals surface area contributed by atoms with E-state index in [1.165, 1.54) is 6.92 Å². The Bertz CT molecular complexity index is 309. The van der Waals surface area contributed by atoms with Crippen LogP contribution in [0.2, 0.25) is 0 Å². The van der Waals surface area contributed by atoms with Crippen LogP contribution in [-0.2, 0) is 4.79 Å². The Morgan fingerprint density at radius 1 is 1.50 bits per heavy atom. The van der Waals surface area contributed by atoms with Crippen LogP contribution in [0.15, 0.2) is 0 Å². The Morgan fingerprint density at radius 2 is 2.06 bits per heavy atom. The summed E-state index contributed by atoms with van der Waals surface area (Å²) in [5.74, 6) is 1.33. The first kappa shape index (κ1) is 14.3. The van der Waals surface area contributed by atoms with Crippen LogP contribution in [0.4, 0.5) is 4.79 Å². The van der Waals surface area contributed by atoms with Gasteiger partial charge < -0.3 is 15.7 Å². The molecule has 2 atom stereocenters. The zero-order chi connectivity index (χ0) is 12.8. The summed E-state index contributed by atoms with van der Waals surface area (Å²) in [6, 6.07) is -0.938. The number of carboxylic acid groups (broad SMARTS) is 1. The maximum Gasteiger partial charge on any atom is 0.329 e. The lowest BCUT2D eigenvalue weighted by molar-refractivity contribution is -0.143. The molecule has 0 saturated heterocycles. The largest absolute Gasteiger partial charge is 0.480 e. The van der Waals surface area contributed by atoms with Gasteiger partial charge in [-0.25, -0.2) is 9.59 Å². The molecule has 0 aliphatic carbocycles. The van der Waals surface area contributed by atoms with E-state index in [1.54, 1.807) is 6.92 Å². The molecule has 0 saturated carbocycles. The Kier molecular flexibility index (Phi) is 5.37. The number of terminal acetylenes is 1. The summed E-state index contributed by atoms with van der Waals surface area (Å²) in [4.78, 5) is 22.4. The van der Waals surface area contributed by atoms with Crippen LogP contribution in [0.1, 0.15) is 33.6 Å². The summed E-state index contributed by atoms with van der Waals surface area (Å²) < 4.78 is 0. The Balaban J connectivity index is 4.44. The zero-order valence-electron chi connectivity index (χ0n) is 9.83. The maximum absolute atomic E-state index is 11.5. The van der Waals surface area contributed by atoms with Gasteiger partial charge in [-0.15, -0.1) is 6.42 Å². The number of nitrogens with one attached hydrogen (secondary N) is 2. The van der Waals surface area contributed by atoms with Gasteiger partial charge in [0, 0.05) is 0 Å². The summed E-state index contributed by atoms with van der Waals surface area (Å²) in [6.07, 6.45) is 6.07. The predicted molar refractivity (Wildman–Crippen MR) is 60.9 cm³/mol. The van der Waals surface area contributed by atoms with E-state index in [9.17, 15) is 9.59 Å². The number of carbonyl (C=O) groups excluding carboxylic acids is 1. The van der Waals surface area contributed by atoms with Gasteiger partial charge in [0.1, 0.15) is 5.54 Å². The highest BCUT2D eigenvalue weighted by molar-refractivity contribution is 5.86. The molecule has 5 nitrogen and oxygen atoms in total. The second kappa shape index (κ2) is 6.01. The number of hydrogen-bond acceptors (Lipinski definition) is 2. The highest BCUT2D eigenvalue weighted by atomic mass is 16.4. The van der Waals surface area contributed by atoms with Crippen molar-refractivity contribution in [1.82, 2.24) is 10.6 Å². The molecule has 0 aliphatic heterocycles. The molecule has 2 amide bonds. The van der Waals surface area contributed by atoms with Crippen molar-refractivity contribution in [1.29, 1.82) is 0 Å². The Hall–Kier alpha value is -1.70. The molecule has 2 unspecified atom stereocenters. The van der Waals surface area contributed by atoms with Gasteiger partial charge in [0.25, 0.3) is 0 Å². The van der Waals surface area contributed by atoms with E-state index in [4.69, 9.17) is 11.5 Å². The highest BCUT2D eigenvalue weighted by Gasteiger charge is 2.32. The van der Waals surface area contributed by atoms with Crippen LogP contribution in [0.25, 0.3) is 0 Å². The van der Waals surface area contributed by atoms with Crippen molar-refractivity contribution in [2.45, 2.75) is 45.2 Å². The number of carbonyl (C=O) groups is 2. The minimum atomic E-state index is -1.27. The van der Waals surface area contributed by atoms with Gasteiger partial charge in [-0.3, -0.25) is 0 Å². The summed E-state index contributed by atoms with van der Waals surface area (Å²) in [7, 11) is 0. The van der Waals surface area contributed by atoms with Crippen LogP contribution in [0, 0.1) is 12.3 Å². The molecule has 0 fully saturated rings. The van der Waals surface area contributed by atoms with Crippen LogP contribution in [0.3, 0.4) is 0 Å². The highest BCUT2D eigenvalue weighted by Crippen LogP contribution is 2.08. The van der Waals surface area contributed by atoms with E-state index in [-0.39, 0.29) is 6.04 Å². The first-order chi connectivity index (χ1) is 7.39. The molecule has 0 heterocycles. The van der Waals surface area contributed by atoms with Crippen LogP contribution >= 0.6 is 0 Å². The molecule has 5 heteroatoms. The fourth-order valence-corrected chi connectivity index (χ4v) is 1.000. The van der Waals surface area contributed by atoms with Crippen LogP contribution < -0.4 is 10.6 Å². The smallest absolute Gasteiger partial charge is 0.329 e. The van der Waals surface area contributed by atoms with E-state index in [0.717, 1.165) is 0 Å². The van der Waals surface area contributed by atoms with E-state index >= 15 is 0 Å². The van der Waals surface area contributed by atoms with Crippen LogP contribution in [-0.4, -0.2) is 28.7 Å².